The Hall–Kier alpha value is -4.65. The molecule has 0 fully saturated rings. The highest BCUT2D eigenvalue weighted by Crippen LogP contribution is 2.46. The topological polar surface area (TPSA) is 84.9 Å². The Morgan fingerprint density at radius 1 is 1.02 bits per heavy atom. The fourth-order valence-electron chi connectivity index (χ4n) is 6.20. The normalized spacial score (nSPS) is 18.2. The van der Waals surface area contributed by atoms with Gasteiger partial charge in [0.05, 0.1) is 19.6 Å². The first-order valence-corrected chi connectivity index (χ1v) is 14.7. The smallest absolute Gasteiger partial charge is 0.312 e. The fourth-order valence-corrected chi connectivity index (χ4v) is 6.20. The van der Waals surface area contributed by atoms with Crippen molar-refractivity contribution >= 4 is 23.5 Å². The van der Waals surface area contributed by atoms with Gasteiger partial charge in [0.2, 0.25) is 5.91 Å². The molecule has 0 radical (unpaired) electrons. The number of carbonyl (C=O) groups excluding carboxylic acids is 3. The summed E-state index contributed by atoms with van der Waals surface area (Å²) in [5.41, 5.74) is 6.36. The van der Waals surface area contributed by atoms with Crippen molar-refractivity contribution in [3.63, 3.8) is 0 Å². The van der Waals surface area contributed by atoms with Crippen LogP contribution in [0.2, 0.25) is 0 Å². The number of allylic oxidation sites excluding steroid dienone is 3. The van der Waals surface area contributed by atoms with E-state index in [1.165, 1.54) is 12.5 Å². The lowest BCUT2D eigenvalue weighted by molar-refractivity contribution is -0.146. The maximum absolute atomic E-state index is 13.4. The number of carbonyl (C=O) groups is 3. The number of benzene rings is 3. The second-order valence-electron chi connectivity index (χ2n) is 11.1. The average Bonchev–Trinajstić information content (AvgIpc) is 3.03. The second-order valence-corrected chi connectivity index (χ2v) is 11.1. The maximum Gasteiger partial charge on any atom is 0.312 e. The Balaban J connectivity index is 1.52. The van der Waals surface area contributed by atoms with Gasteiger partial charge in [-0.1, -0.05) is 54.1 Å². The number of anilines is 1. The summed E-state index contributed by atoms with van der Waals surface area (Å²) in [6.07, 6.45) is 7.59. The molecule has 7 heteroatoms. The number of methoxy groups -OCH3 is 1. The van der Waals surface area contributed by atoms with E-state index in [1.54, 1.807) is 19.2 Å². The van der Waals surface area contributed by atoms with Crippen LogP contribution in [-0.4, -0.2) is 42.9 Å². The zero-order valence-corrected chi connectivity index (χ0v) is 25.2. The van der Waals surface area contributed by atoms with Gasteiger partial charge in [0.15, 0.2) is 0 Å². The lowest BCUT2D eigenvalue weighted by atomic mass is 9.65. The van der Waals surface area contributed by atoms with Gasteiger partial charge < -0.3 is 19.7 Å². The summed E-state index contributed by atoms with van der Waals surface area (Å²) in [6.45, 7) is 6.65. The quantitative estimate of drug-likeness (QED) is 0.321. The highest BCUT2D eigenvalue weighted by Gasteiger charge is 2.39. The SMILES string of the molecule is CCOC(=O)C(C)C1=CC=CC(c2ccc(NC(C)=O)cc2)(c2cccc3c2CCN(C(=O)c2ccc(OC)cc2)C3)C1. The van der Waals surface area contributed by atoms with Crippen LogP contribution in [0.4, 0.5) is 5.69 Å². The van der Waals surface area contributed by atoms with E-state index in [4.69, 9.17) is 9.47 Å². The van der Waals surface area contributed by atoms with E-state index in [9.17, 15) is 14.4 Å². The molecule has 1 aliphatic carbocycles. The number of hydrogen-bond acceptors (Lipinski definition) is 5. The van der Waals surface area contributed by atoms with Crippen molar-refractivity contribution in [3.8, 4) is 5.75 Å². The molecule has 0 saturated carbocycles. The minimum atomic E-state index is -0.549. The molecule has 2 atom stereocenters. The van der Waals surface area contributed by atoms with Crippen LogP contribution >= 0.6 is 0 Å². The van der Waals surface area contributed by atoms with E-state index < -0.39 is 5.41 Å². The van der Waals surface area contributed by atoms with Crippen molar-refractivity contribution in [1.29, 1.82) is 0 Å². The third-order valence-electron chi connectivity index (χ3n) is 8.46. The molecule has 1 N–H and O–H groups in total. The van der Waals surface area contributed by atoms with Gasteiger partial charge >= 0.3 is 5.97 Å². The van der Waals surface area contributed by atoms with Crippen LogP contribution in [0, 0.1) is 5.92 Å². The first kappa shape index (κ1) is 29.8. The Bertz CT molecular complexity index is 1570. The van der Waals surface area contributed by atoms with E-state index in [2.05, 4.69) is 41.7 Å². The Labute approximate surface area is 253 Å². The van der Waals surface area contributed by atoms with Crippen LogP contribution in [0.1, 0.15) is 59.8 Å². The Morgan fingerprint density at radius 3 is 2.44 bits per heavy atom. The summed E-state index contributed by atoms with van der Waals surface area (Å²) in [5, 5.41) is 2.85. The van der Waals surface area contributed by atoms with Gasteiger partial charge in [0.1, 0.15) is 5.75 Å². The second kappa shape index (κ2) is 12.7. The molecule has 1 aliphatic heterocycles. The monoisotopic (exact) mass is 578 g/mol. The molecule has 3 aromatic carbocycles. The number of rotatable bonds is 8. The molecule has 43 heavy (non-hydrogen) atoms. The number of nitrogens with zero attached hydrogens (tertiary/aromatic N) is 1. The van der Waals surface area contributed by atoms with Crippen LogP contribution in [0.25, 0.3) is 0 Å². The molecule has 3 aromatic rings. The van der Waals surface area contributed by atoms with Gasteiger partial charge in [-0.05, 0) is 85.3 Å². The highest BCUT2D eigenvalue weighted by molar-refractivity contribution is 5.94. The summed E-state index contributed by atoms with van der Waals surface area (Å²) in [7, 11) is 1.61. The summed E-state index contributed by atoms with van der Waals surface area (Å²) < 4.78 is 10.6. The van der Waals surface area contributed by atoms with Crippen LogP contribution < -0.4 is 10.1 Å². The van der Waals surface area contributed by atoms with Crippen molar-refractivity contribution in [2.75, 3.05) is 25.6 Å². The Kier molecular flexibility index (Phi) is 8.81. The average molecular weight is 579 g/mol. The molecule has 2 aliphatic rings. The van der Waals surface area contributed by atoms with Gasteiger partial charge in [-0.15, -0.1) is 0 Å². The number of hydrogen-bond donors (Lipinski definition) is 1. The predicted molar refractivity (Wildman–Crippen MR) is 167 cm³/mol. The summed E-state index contributed by atoms with van der Waals surface area (Å²) >= 11 is 0. The minimum Gasteiger partial charge on any atom is -0.497 e. The van der Waals surface area contributed by atoms with Crippen molar-refractivity contribution in [2.24, 2.45) is 5.92 Å². The van der Waals surface area contributed by atoms with Crippen LogP contribution in [-0.2, 0) is 32.7 Å². The van der Waals surface area contributed by atoms with E-state index in [1.807, 2.05) is 55.2 Å². The van der Waals surface area contributed by atoms with Gasteiger partial charge in [-0.3, -0.25) is 14.4 Å². The van der Waals surface area contributed by atoms with E-state index in [0.29, 0.717) is 43.9 Å². The molecule has 222 valence electrons. The van der Waals surface area contributed by atoms with Gasteiger partial charge in [0, 0.05) is 36.7 Å². The van der Waals surface area contributed by atoms with E-state index in [0.717, 1.165) is 28.0 Å². The number of amides is 2. The maximum atomic E-state index is 13.4. The molecule has 7 nitrogen and oxygen atoms in total. The fraction of sp³-hybridized carbons (Fsp3) is 0.306. The molecule has 5 rings (SSSR count). The first-order valence-electron chi connectivity index (χ1n) is 14.7. The Morgan fingerprint density at radius 2 is 1.77 bits per heavy atom. The van der Waals surface area contributed by atoms with Crippen LogP contribution in [0.15, 0.2) is 90.5 Å². The van der Waals surface area contributed by atoms with Crippen molar-refractivity contribution < 1.29 is 23.9 Å². The van der Waals surface area contributed by atoms with Crippen molar-refractivity contribution in [1.82, 2.24) is 4.90 Å². The number of fused-ring (bicyclic) bond motifs is 1. The molecule has 0 saturated heterocycles. The standard InChI is InChI=1S/C36H38N2O5/c1-5-43-35(41)24(2)27-9-7-20-36(22-27,29-13-15-30(16-14-29)37-25(3)39)33-10-6-8-28-23-38(21-19-32(28)33)34(40)26-11-17-31(42-4)18-12-26/h6-18,20,24H,5,19,21-23H2,1-4H3,(H,37,39). The van der Waals surface area contributed by atoms with E-state index in [-0.39, 0.29) is 23.7 Å². The third-order valence-corrected chi connectivity index (χ3v) is 8.46. The lowest BCUT2D eigenvalue weighted by Crippen LogP contribution is -2.38. The predicted octanol–water partition coefficient (Wildman–Crippen LogP) is 6.22. The molecule has 0 aromatic heterocycles. The number of nitrogens with one attached hydrogen (secondary N) is 1. The summed E-state index contributed by atoms with van der Waals surface area (Å²) in [4.78, 5) is 39.8. The molecule has 2 unspecified atom stereocenters. The zero-order chi connectivity index (χ0) is 30.6. The van der Waals surface area contributed by atoms with Gasteiger partial charge in [-0.25, -0.2) is 0 Å². The number of esters is 1. The lowest BCUT2D eigenvalue weighted by Gasteiger charge is -2.40. The summed E-state index contributed by atoms with van der Waals surface area (Å²) in [5.74, 6) is -0.0407. The first-order chi connectivity index (χ1) is 20.8. The largest absolute Gasteiger partial charge is 0.497 e. The summed E-state index contributed by atoms with van der Waals surface area (Å²) in [6, 6.07) is 21.5. The zero-order valence-electron chi connectivity index (χ0n) is 25.2. The molecule has 0 spiro atoms. The highest BCUT2D eigenvalue weighted by atomic mass is 16.5. The molecule has 0 bridgehead atoms. The third kappa shape index (κ3) is 6.12. The molecular formula is C36H38N2O5. The molecule has 1 heterocycles. The van der Waals surface area contributed by atoms with Gasteiger partial charge in [0.25, 0.3) is 5.91 Å². The molecular weight excluding hydrogens is 540 g/mol. The van der Waals surface area contributed by atoms with E-state index >= 15 is 0 Å². The van der Waals surface area contributed by atoms with Crippen molar-refractivity contribution in [3.05, 3.63) is 118 Å². The minimum absolute atomic E-state index is 0.00646. The number of ether oxygens (including phenoxy) is 2. The van der Waals surface area contributed by atoms with Gasteiger partial charge in [-0.2, -0.15) is 0 Å². The molecule has 2 amide bonds. The van der Waals surface area contributed by atoms with Crippen molar-refractivity contribution in [2.45, 2.75) is 45.6 Å². The van der Waals surface area contributed by atoms with Crippen LogP contribution in [0.5, 0.6) is 5.75 Å². The van der Waals surface area contributed by atoms with Crippen LogP contribution in [0.3, 0.4) is 0 Å².